The van der Waals surface area contributed by atoms with Gasteiger partial charge in [0, 0.05) is 6.54 Å². The second-order valence-electron chi connectivity index (χ2n) is 3.89. The van der Waals surface area contributed by atoms with Crippen LogP contribution < -0.4 is 0 Å². The number of amides is 1. The predicted molar refractivity (Wildman–Crippen MR) is 46.3 cm³/mol. The quantitative estimate of drug-likeness (QED) is 0.685. The summed E-state index contributed by atoms with van der Waals surface area (Å²) < 4.78 is 4.83. The van der Waals surface area contributed by atoms with Crippen molar-refractivity contribution in [3.63, 3.8) is 0 Å². The van der Waals surface area contributed by atoms with Crippen molar-refractivity contribution in [2.75, 3.05) is 19.7 Å². The molecule has 74 valence electrons. The number of carbonyl (C=O) groups is 1. The lowest BCUT2D eigenvalue weighted by atomic mass is 10.1. The molecule has 0 aromatic heterocycles. The SMILES string of the molecule is O=C1OCCN1CC1CCC(O)C1. The highest BCUT2D eigenvalue weighted by Crippen LogP contribution is 2.26. The monoisotopic (exact) mass is 185 g/mol. The van der Waals surface area contributed by atoms with Crippen molar-refractivity contribution < 1.29 is 14.6 Å². The maximum absolute atomic E-state index is 11.1. The van der Waals surface area contributed by atoms with Gasteiger partial charge in [0.2, 0.25) is 0 Å². The van der Waals surface area contributed by atoms with Crippen molar-refractivity contribution in [1.29, 1.82) is 0 Å². The molecule has 1 aliphatic heterocycles. The first-order chi connectivity index (χ1) is 6.25. The van der Waals surface area contributed by atoms with Gasteiger partial charge < -0.3 is 14.7 Å². The maximum Gasteiger partial charge on any atom is 0.409 e. The molecular formula is C9H15NO3. The summed E-state index contributed by atoms with van der Waals surface area (Å²) in [6.07, 6.45) is 2.41. The molecule has 1 aliphatic carbocycles. The molecular weight excluding hydrogens is 170 g/mol. The Morgan fingerprint density at radius 1 is 1.54 bits per heavy atom. The van der Waals surface area contributed by atoms with Crippen LogP contribution >= 0.6 is 0 Å². The third kappa shape index (κ3) is 1.94. The lowest BCUT2D eigenvalue weighted by molar-refractivity contribution is 0.150. The van der Waals surface area contributed by atoms with Crippen LogP contribution in [0.3, 0.4) is 0 Å². The molecule has 13 heavy (non-hydrogen) atoms. The van der Waals surface area contributed by atoms with Gasteiger partial charge in [-0.05, 0) is 25.2 Å². The van der Waals surface area contributed by atoms with Gasteiger partial charge >= 0.3 is 6.09 Å². The molecule has 1 amide bonds. The fraction of sp³-hybridized carbons (Fsp3) is 0.889. The van der Waals surface area contributed by atoms with Crippen molar-refractivity contribution in [2.24, 2.45) is 5.92 Å². The highest BCUT2D eigenvalue weighted by molar-refractivity contribution is 5.69. The summed E-state index contributed by atoms with van der Waals surface area (Å²) in [6.45, 7) is 2.00. The first-order valence-electron chi connectivity index (χ1n) is 4.85. The van der Waals surface area contributed by atoms with Gasteiger partial charge in [0.25, 0.3) is 0 Å². The lowest BCUT2D eigenvalue weighted by Crippen LogP contribution is -2.29. The molecule has 0 aromatic rings. The number of hydrogen-bond donors (Lipinski definition) is 1. The summed E-state index contributed by atoms with van der Waals surface area (Å²) in [5, 5.41) is 9.30. The van der Waals surface area contributed by atoms with Crippen molar-refractivity contribution in [3.05, 3.63) is 0 Å². The van der Waals surface area contributed by atoms with E-state index in [4.69, 9.17) is 4.74 Å². The minimum atomic E-state index is -0.193. The molecule has 1 saturated heterocycles. The minimum absolute atomic E-state index is 0.149. The third-order valence-corrected chi connectivity index (χ3v) is 2.84. The molecule has 1 N–H and O–H groups in total. The average Bonchev–Trinajstić information content (AvgIpc) is 2.64. The molecule has 0 aromatic carbocycles. The summed E-state index contributed by atoms with van der Waals surface area (Å²) in [6, 6.07) is 0. The number of rotatable bonds is 2. The highest BCUT2D eigenvalue weighted by Gasteiger charge is 2.29. The van der Waals surface area contributed by atoms with Crippen LogP contribution in [0.1, 0.15) is 19.3 Å². The second-order valence-corrected chi connectivity index (χ2v) is 3.89. The van der Waals surface area contributed by atoms with Crippen LogP contribution in [0.4, 0.5) is 4.79 Å². The molecule has 0 radical (unpaired) electrons. The first-order valence-corrected chi connectivity index (χ1v) is 4.85. The van der Waals surface area contributed by atoms with Crippen LogP contribution in [-0.4, -0.2) is 41.9 Å². The number of carbonyl (C=O) groups excluding carboxylic acids is 1. The molecule has 2 aliphatic rings. The van der Waals surface area contributed by atoms with Crippen molar-refractivity contribution in [1.82, 2.24) is 4.90 Å². The van der Waals surface area contributed by atoms with Gasteiger partial charge in [-0.15, -0.1) is 0 Å². The fourth-order valence-corrected chi connectivity index (χ4v) is 2.12. The Labute approximate surface area is 77.5 Å². The van der Waals surface area contributed by atoms with E-state index in [2.05, 4.69) is 0 Å². The molecule has 4 nitrogen and oxygen atoms in total. The van der Waals surface area contributed by atoms with E-state index in [9.17, 15) is 9.90 Å². The zero-order valence-electron chi connectivity index (χ0n) is 7.61. The van der Waals surface area contributed by atoms with E-state index in [1.807, 2.05) is 0 Å². The van der Waals surface area contributed by atoms with E-state index in [1.165, 1.54) is 0 Å². The van der Waals surface area contributed by atoms with E-state index < -0.39 is 0 Å². The summed E-state index contributed by atoms with van der Waals surface area (Å²) in [4.78, 5) is 12.8. The Kier molecular flexibility index (Phi) is 2.40. The zero-order chi connectivity index (χ0) is 9.26. The number of ether oxygens (including phenoxy) is 1. The normalized spacial score (nSPS) is 33.9. The van der Waals surface area contributed by atoms with Crippen LogP contribution in [0.25, 0.3) is 0 Å². The van der Waals surface area contributed by atoms with Crippen molar-refractivity contribution >= 4 is 6.09 Å². The molecule has 4 heteroatoms. The van der Waals surface area contributed by atoms with Gasteiger partial charge in [0.1, 0.15) is 6.61 Å². The topological polar surface area (TPSA) is 49.8 Å². The Hall–Kier alpha value is -0.770. The van der Waals surface area contributed by atoms with Crippen LogP contribution in [0.5, 0.6) is 0 Å². The standard InChI is InChI=1S/C9H15NO3/c11-8-2-1-7(5-8)6-10-3-4-13-9(10)12/h7-8,11H,1-6H2. The molecule has 1 saturated carbocycles. The number of hydrogen-bond acceptors (Lipinski definition) is 3. The molecule has 2 atom stereocenters. The van der Waals surface area contributed by atoms with Gasteiger partial charge in [0.15, 0.2) is 0 Å². The van der Waals surface area contributed by atoms with Crippen LogP contribution in [0.15, 0.2) is 0 Å². The van der Waals surface area contributed by atoms with Crippen LogP contribution in [-0.2, 0) is 4.74 Å². The molecule has 0 bridgehead atoms. The number of cyclic esters (lactones) is 1. The lowest BCUT2D eigenvalue weighted by Gasteiger charge is -2.17. The average molecular weight is 185 g/mol. The third-order valence-electron chi connectivity index (χ3n) is 2.84. The van der Waals surface area contributed by atoms with E-state index in [-0.39, 0.29) is 12.2 Å². The molecule has 2 fully saturated rings. The number of nitrogens with zero attached hydrogens (tertiary/aromatic N) is 1. The maximum atomic E-state index is 11.1. The Morgan fingerprint density at radius 3 is 2.92 bits per heavy atom. The fourth-order valence-electron chi connectivity index (χ4n) is 2.12. The van der Waals surface area contributed by atoms with E-state index in [0.29, 0.717) is 19.1 Å². The Bertz CT molecular complexity index is 207. The van der Waals surface area contributed by atoms with Gasteiger partial charge in [-0.1, -0.05) is 0 Å². The van der Waals surface area contributed by atoms with Crippen molar-refractivity contribution in [2.45, 2.75) is 25.4 Å². The number of aliphatic hydroxyl groups excluding tert-OH is 1. The molecule has 1 heterocycles. The second kappa shape index (κ2) is 3.54. The van der Waals surface area contributed by atoms with E-state index in [1.54, 1.807) is 4.90 Å². The first kappa shape index (κ1) is 8.81. The summed E-state index contributed by atoms with van der Waals surface area (Å²) in [7, 11) is 0. The van der Waals surface area contributed by atoms with E-state index >= 15 is 0 Å². The Balaban J connectivity index is 1.81. The Morgan fingerprint density at radius 2 is 2.38 bits per heavy atom. The van der Waals surface area contributed by atoms with Crippen LogP contribution in [0.2, 0.25) is 0 Å². The molecule has 2 rings (SSSR count). The summed E-state index contributed by atoms with van der Waals surface area (Å²) in [5.74, 6) is 0.473. The number of aliphatic hydroxyl groups is 1. The molecule has 0 spiro atoms. The van der Waals surface area contributed by atoms with Gasteiger partial charge in [0.05, 0.1) is 12.6 Å². The zero-order valence-corrected chi connectivity index (χ0v) is 7.61. The minimum Gasteiger partial charge on any atom is -0.448 e. The largest absolute Gasteiger partial charge is 0.448 e. The summed E-state index contributed by atoms with van der Waals surface area (Å²) in [5.41, 5.74) is 0. The van der Waals surface area contributed by atoms with E-state index in [0.717, 1.165) is 25.8 Å². The van der Waals surface area contributed by atoms with Crippen molar-refractivity contribution in [3.8, 4) is 0 Å². The summed E-state index contributed by atoms with van der Waals surface area (Å²) >= 11 is 0. The smallest absolute Gasteiger partial charge is 0.409 e. The van der Waals surface area contributed by atoms with Gasteiger partial charge in [-0.2, -0.15) is 0 Å². The van der Waals surface area contributed by atoms with Gasteiger partial charge in [-0.25, -0.2) is 4.79 Å². The molecule has 2 unspecified atom stereocenters. The van der Waals surface area contributed by atoms with Gasteiger partial charge in [-0.3, -0.25) is 0 Å². The van der Waals surface area contributed by atoms with Crippen LogP contribution in [0, 0.1) is 5.92 Å². The highest BCUT2D eigenvalue weighted by atomic mass is 16.6. The predicted octanol–water partition coefficient (Wildman–Crippen LogP) is 0.600.